The summed E-state index contributed by atoms with van der Waals surface area (Å²) in [6.45, 7) is 8.06. The van der Waals surface area contributed by atoms with Crippen molar-refractivity contribution >= 4 is 0 Å². The van der Waals surface area contributed by atoms with E-state index in [1.165, 1.54) is 11.1 Å². The molecule has 0 radical (unpaired) electrons. The maximum Gasteiger partial charge on any atom is 0.124 e. The van der Waals surface area contributed by atoms with Crippen LogP contribution < -0.4 is 10.1 Å². The predicted octanol–water partition coefficient (Wildman–Crippen LogP) is 4.03. The van der Waals surface area contributed by atoms with E-state index in [0.717, 1.165) is 24.3 Å². The van der Waals surface area contributed by atoms with Gasteiger partial charge in [0, 0.05) is 24.0 Å². The lowest BCUT2D eigenvalue weighted by atomic mass is 10.0. The smallest absolute Gasteiger partial charge is 0.124 e. The topological polar surface area (TPSA) is 34.1 Å². The summed E-state index contributed by atoms with van der Waals surface area (Å²) in [7, 11) is 0. The van der Waals surface area contributed by atoms with Gasteiger partial charge in [-0.3, -0.25) is 4.98 Å². The number of nitrogens with zero attached hydrogens (tertiary/aromatic N) is 1. The molecule has 0 saturated carbocycles. The Bertz CT molecular complexity index is 554. The van der Waals surface area contributed by atoms with Crippen LogP contribution in [0.1, 0.15) is 43.0 Å². The molecule has 0 aliphatic heterocycles. The summed E-state index contributed by atoms with van der Waals surface area (Å²) in [6.07, 6.45) is 4.71. The fourth-order valence-electron chi connectivity index (χ4n) is 2.25. The van der Waals surface area contributed by atoms with E-state index in [9.17, 15) is 0 Å². The quantitative estimate of drug-likeness (QED) is 0.833. The molecular weight excluding hydrogens is 260 g/mol. The molecule has 0 aliphatic carbocycles. The molecule has 1 aromatic heterocycles. The summed E-state index contributed by atoms with van der Waals surface area (Å²) < 4.78 is 6.01. The molecule has 3 nitrogen and oxygen atoms in total. The first-order valence-corrected chi connectivity index (χ1v) is 7.56. The molecule has 0 fully saturated rings. The number of benzene rings is 1. The number of ether oxygens (including phenoxy) is 1. The van der Waals surface area contributed by atoms with E-state index >= 15 is 0 Å². The van der Waals surface area contributed by atoms with Crippen molar-refractivity contribution in [2.45, 2.75) is 39.8 Å². The first kappa shape index (κ1) is 15.5. The predicted molar refractivity (Wildman–Crippen MR) is 86.5 cm³/mol. The molecule has 2 aromatic rings. The zero-order valence-electron chi connectivity index (χ0n) is 13.1. The van der Waals surface area contributed by atoms with Crippen molar-refractivity contribution in [2.24, 2.45) is 0 Å². The van der Waals surface area contributed by atoms with E-state index in [1.54, 1.807) is 12.4 Å². The van der Waals surface area contributed by atoms with Gasteiger partial charge in [0.1, 0.15) is 12.4 Å². The van der Waals surface area contributed by atoms with Crippen LogP contribution in [-0.4, -0.2) is 11.5 Å². The van der Waals surface area contributed by atoms with E-state index in [1.807, 2.05) is 12.1 Å². The third-order valence-electron chi connectivity index (χ3n) is 3.48. The van der Waals surface area contributed by atoms with Crippen LogP contribution in [0.3, 0.4) is 0 Å². The Hall–Kier alpha value is -1.87. The minimum atomic E-state index is 0.289. The second-order valence-electron chi connectivity index (χ2n) is 5.36. The highest BCUT2D eigenvalue weighted by Gasteiger charge is 2.11. The van der Waals surface area contributed by atoms with Gasteiger partial charge in [-0.25, -0.2) is 0 Å². The van der Waals surface area contributed by atoms with E-state index in [4.69, 9.17) is 4.74 Å². The van der Waals surface area contributed by atoms with Crippen molar-refractivity contribution in [3.8, 4) is 5.75 Å². The average molecular weight is 284 g/mol. The Morgan fingerprint density at radius 2 is 1.95 bits per heavy atom. The standard InChI is InChI=1S/C18H24N2O/c1-4-9-20-15(3)17-12-14(2)5-6-18(17)21-13-16-7-10-19-11-8-16/h5-8,10-12,15,20H,4,9,13H2,1-3H3. The third-order valence-corrected chi connectivity index (χ3v) is 3.48. The van der Waals surface area contributed by atoms with Crippen LogP contribution in [0.15, 0.2) is 42.7 Å². The summed E-state index contributed by atoms with van der Waals surface area (Å²) in [5, 5.41) is 3.52. The number of aryl methyl sites for hydroxylation is 1. The summed E-state index contributed by atoms with van der Waals surface area (Å²) in [4.78, 5) is 4.03. The highest BCUT2D eigenvalue weighted by Crippen LogP contribution is 2.27. The minimum absolute atomic E-state index is 0.289. The van der Waals surface area contributed by atoms with E-state index in [2.05, 4.69) is 49.3 Å². The molecule has 0 aliphatic rings. The molecule has 21 heavy (non-hydrogen) atoms. The Morgan fingerprint density at radius 3 is 2.67 bits per heavy atom. The summed E-state index contributed by atoms with van der Waals surface area (Å²) >= 11 is 0. The van der Waals surface area contributed by atoms with Gasteiger partial charge in [0.25, 0.3) is 0 Å². The van der Waals surface area contributed by atoms with Crippen LogP contribution in [0.4, 0.5) is 0 Å². The minimum Gasteiger partial charge on any atom is -0.489 e. The fraction of sp³-hybridized carbons (Fsp3) is 0.389. The maximum absolute atomic E-state index is 6.01. The van der Waals surface area contributed by atoms with Crippen molar-refractivity contribution in [2.75, 3.05) is 6.54 Å². The second kappa shape index (κ2) is 7.79. The van der Waals surface area contributed by atoms with Crippen LogP contribution in [0.25, 0.3) is 0 Å². The summed E-state index contributed by atoms with van der Waals surface area (Å²) in [5.74, 6) is 0.952. The van der Waals surface area contributed by atoms with Crippen LogP contribution in [0, 0.1) is 6.92 Å². The monoisotopic (exact) mass is 284 g/mol. The van der Waals surface area contributed by atoms with Crippen LogP contribution in [0.2, 0.25) is 0 Å². The molecule has 1 aromatic carbocycles. The Labute approximate surface area is 127 Å². The molecule has 0 saturated heterocycles. The number of rotatable bonds is 7. The summed E-state index contributed by atoms with van der Waals surface area (Å²) in [5.41, 5.74) is 3.61. The van der Waals surface area contributed by atoms with Crippen molar-refractivity contribution in [3.05, 3.63) is 59.4 Å². The largest absolute Gasteiger partial charge is 0.489 e. The second-order valence-corrected chi connectivity index (χ2v) is 5.36. The zero-order chi connectivity index (χ0) is 15.1. The SMILES string of the molecule is CCCNC(C)c1cc(C)ccc1OCc1ccncc1. The molecule has 112 valence electrons. The van der Waals surface area contributed by atoms with E-state index in [0.29, 0.717) is 6.61 Å². The van der Waals surface area contributed by atoms with Gasteiger partial charge in [0.15, 0.2) is 0 Å². The van der Waals surface area contributed by atoms with E-state index in [-0.39, 0.29) is 6.04 Å². The number of nitrogens with one attached hydrogen (secondary N) is 1. The van der Waals surface area contributed by atoms with Gasteiger partial charge < -0.3 is 10.1 Å². The van der Waals surface area contributed by atoms with Crippen LogP contribution >= 0.6 is 0 Å². The van der Waals surface area contributed by atoms with Gasteiger partial charge in [-0.05, 0) is 50.6 Å². The van der Waals surface area contributed by atoms with Crippen molar-refractivity contribution in [1.29, 1.82) is 0 Å². The lowest BCUT2D eigenvalue weighted by Gasteiger charge is -2.19. The normalized spacial score (nSPS) is 12.1. The molecular formula is C18H24N2O. The maximum atomic E-state index is 6.01. The molecule has 1 atom stereocenters. The Morgan fingerprint density at radius 1 is 1.19 bits per heavy atom. The molecule has 0 amide bonds. The molecule has 0 bridgehead atoms. The number of hydrogen-bond donors (Lipinski definition) is 1. The van der Waals surface area contributed by atoms with Gasteiger partial charge in [0.05, 0.1) is 0 Å². The fourth-order valence-corrected chi connectivity index (χ4v) is 2.25. The average Bonchev–Trinajstić information content (AvgIpc) is 2.52. The van der Waals surface area contributed by atoms with Crippen molar-refractivity contribution in [1.82, 2.24) is 10.3 Å². The zero-order valence-corrected chi connectivity index (χ0v) is 13.1. The van der Waals surface area contributed by atoms with Gasteiger partial charge in [0.2, 0.25) is 0 Å². The van der Waals surface area contributed by atoms with Gasteiger partial charge in [-0.1, -0.05) is 24.6 Å². The van der Waals surface area contributed by atoms with Gasteiger partial charge >= 0.3 is 0 Å². The molecule has 0 spiro atoms. The van der Waals surface area contributed by atoms with Crippen LogP contribution in [0.5, 0.6) is 5.75 Å². The van der Waals surface area contributed by atoms with Crippen molar-refractivity contribution < 1.29 is 4.74 Å². The third kappa shape index (κ3) is 4.57. The molecule has 3 heteroatoms. The number of aromatic nitrogens is 1. The highest BCUT2D eigenvalue weighted by molar-refractivity contribution is 5.39. The van der Waals surface area contributed by atoms with E-state index < -0.39 is 0 Å². The molecule has 2 rings (SSSR count). The molecule has 1 heterocycles. The molecule has 1 unspecified atom stereocenters. The Kier molecular flexibility index (Phi) is 5.76. The van der Waals surface area contributed by atoms with Gasteiger partial charge in [-0.15, -0.1) is 0 Å². The van der Waals surface area contributed by atoms with Gasteiger partial charge in [-0.2, -0.15) is 0 Å². The van der Waals surface area contributed by atoms with Crippen molar-refractivity contribution in [3.63, 3.8) is 0 Å². The van der Waals surface area contributed by atoms with Crippen LogP contribution in [-0.2, 0) is 6.61 Å². The number of hydrogen-bond acceptors (Lipinski definition) is 3. The summed E-state index contributed by atoms with van der Waals surface area (Å²) in [6, 6.07) is 10.6. The highest BCUT2D eigenvalue weighted by atomic mass is 16.5. The molecule has 1 N–H and O–H groups in total. The number of pyridine rings is 1. The lowest BCUT2D eigenvalue weighted by Crippen LogP contribution is -2.20. The lowest BCUT2D eigenvalue weighted by molar-refractivity contribution is 0.299. The Balaban J connectivity index is 2.11. The first-order valence-electron chi connectivity index (χ1n) is 7.56. The first-order chi connectivity index (χ1) is 10.2.